The first kappa shape index (κ1) is 16.7. The molecule has 0 saturated carbocycles. The van der Waals surface area contributed by atoms with Gasteiger partial charge in [-0.15, -0.1) is 0 Å². The van der Waals surface area contributed by atoms with E-state index in [0.717, 1.165) is 57.0 Å². The van der Waals surface area contributed by atoms with Crippen molar-refractivity contribution in [3.63, 3.8) is 0 Å². The first-order valence-electron chi connectivity index (χ1n) is 9.70. The maximum Gasteiger partial charge on any atom is 0.181 e. The van der Waals surface area contributed by atoms with Gasteiger partial charge in [0.1, 0.15) is 0 Å². The zero-order chi connectivity index (χ0) is 20.1. The lowest BCUT2D eigenvalue weighted by Crippen LogP contribution is -1.97. The van der Waals surface area contributed by atoms with Crippen molar-refractivity contribution in [2.75, 3.05) is 0 Å². The summed E-state index contributed by atoms with van der Waals surface area (Å²) in [5.41, 5.74) is 8.93. The second kappa shape index (κ2) is 6.41. The van der Waals surface area contributed by atoms with Crippen LogP contribution in [-0.4, -0.2) is 39.9 Å². The van der Waals surface area contributed by atoms with Gasteiger partial charge < -0.3 is 9.55 Å². The summed E-state index contributed by atoms with van der Waals surface area (Å²) in [6.45, 7) is 1.99. The van der Waals surface area contributed by atoms with E-state index in [1.165, 1.54) is 0 Å². The van der Waals surface area contributed by atoms with Crippen LogP contribution in [0.3, 0.4) is 0 Å². The first-order valence-corrected chi connectivity index (χ1v) is 9.70. The van der Waals surface area contributed by atoms with Crippen molar-refractivity contribution in [3.8, 4) is 22.5 Å². The van der Waals surface area contributed by atoms with E-state index in [0.29, 0.717) is 5.65 Å². The molecular formula is C22H18N8. The topological polar surface area (TPSA) is 104 Å². The Balaban J connectivity index is 1.48. The molecule has 8 heteroatoms. The molecule has 1 aliphatic carbocycles. The fraction of sp³-hybridized carbons (Fsp3) is 0.0909. The summed E-state index contributed by atoms with van der Waals surface area (Å²) in [6, 6.07) is 4.26. The van der Waals surface area contributed by atoms with Crippen LogP contribution in [0, 0.1) is 6.92 Å². The van der Waals surface area contributed by atoms with Gasteiger partial charge in [-0.25, -0.2) is 9.97 Å². The molecule has 5 heterocycles. The van der Waals surface area contributed by atoms with Gasteiger partial charge in [0.2, 0.25) is 0 Å². The van der Waals surface area contributed by atoms with E-state index in [1.807, 2.05) is 31.8 Å². The molecule has 0 unspecified atom stereocenters. The molecule has 146 valence electrons. The van der Waals surface area contributed by atoms with E-state index in [9.17, 15) is 0 Å². The molecule has 0 fully saturated rings. The van der Waals surface area contributed by atoms with Gasteiger partial charge in [-0.1, -0.05) is 12.2 Å². The number of pyridine rings is 1. The Labute approximate surface area is 171 Å². The monoisotopic (exact) mass is 394 g/mol. The summed E-state index contributed by atoms with van der Waals surface area (Å²) in [5, 5.41) is 15.4. The predicted octanol–water partition coefficient (Wildman–Crippen LogP) is 3.85. The van der Waals surface area contributed by atoms with Gasteiger partial charge >= 0.3 is 0 Å². The summed E-state index contributed by atoms with van der Waals surface area (Å²) < 4.78 is 2.06. The first-order chi connectivity index (χ1) is 14.8. The molecule has 0 aromatic carbocycles. The minimum Gasteiger partial charge on any atom is -0.356 e. The number of hydrogen-bond acceptors (Lipinski definition) is 4. The van der Waals surface area contributed by atoms with E-state index < -0.39 is 0 Å². The van der Waals surface area contributed by atoms with Crippen LogP contribution in [0.5, 0.6) is 0 Å². The average Bonchev–Trinajstić information content (AvgIpc) is 3.53. The molecule has 5 aromatic rings. The average molecular weight is 394 g/mol. The van der Waals surface area contributed by atoms with Gasteiger partial charge in [-0.05, 0) is 25.1 Å². The molecule has 0 spiro atoms. The van der Waals surface area contributed by atoms with Gasteiger partial charge in [0.25, 0.3) is 0 Å². The number of nitrogens with one attached hydrogen (secondary N) is 3. The Morgan fingerprint density at radius 1 is 1.10 bits per heavy atom. The molecule has 0 bridgehead atoms. The molecule has 8 nitrogen and oxygen atoms in total. The summed E-state index contributed by atoms with van der Waals surface area (Å²) in [6.07, 6.45) is 16.5. The predicted molar refractivity (Wildman–Crippen MR) is 114 cm³/mol. The van der Waals surface area contributed by atoms with Crippen molar-refractivity contribution < 1.29 is 0 Å². The van der Waals surface area contributed by atoms with Crippen LogP contribution in [0.1, 0.15) is 17.0 Å². The van der Waals surface area contributed by atoms with Crippen LogP contribution in [0.2, 0.25) is 0 Å². The molecular weight excluding hydrogens is 376 g/mol. The summed E-state index contributed by atoms with van der Waals surface area (Å²) in [4.78, 5) is 12.5. The minimum atomic E-state index is 0.683. The van der Waals surface area contributed by atoms with Crippen molar-refractivity contribution >= 4 is 16.7 Å². The molecule has 5 aromatic heterocycles. The number of aryl methyl sites for hydroxylation is 1. The van der Waals surface area contributed by atoms with Gasteiger partial charge in [-0.3, -0.25) is 10.2 Å². The number of nitrogens with zero attached hydrogens (tertiary/aromatic N) is 5. The largest absolute Gasteiger partial charge is 0.356 e. The fourth-order valence-electron chi connectivity index (χ4n) is 3.91. The molecule has 3 N–H and O–H groups in total. The zero-order valence-corrected chi connectivity index (χ0v) is 16.2. The van der Waals surface area contributed by atoms with Crippen LogP contribution in [0.25, 0.3) is 39.2 Å². The molecule has 0 atom stereocenters. The van der Waals surface area contributed by atoms with E-state index >= 15 is 0 Å². The Morgan fingerprint density at radius 2 is 2.07 bits per heavy atom. The molecule has 30 heavy (non-hydrogen) atoms. The van der Waals surface area contributed by atoms with Gasteiger partial charge in [0, 0.05) is 52.8 Å². The quantitative estimate of drug-likeness (QED) is 0.432. The van der Waals surface area contributed by atoms with Gasteiger partial charge in [0.15, 0.2) is 5.65 Å². The second-order valence-corrected chi connectivity index (χ2v) is 7.36. The zero-order valence-electron chi connectivity index (χ0n) is 16.2. The highest BCUT2D eigenvalue weighted by atomic mass is 15.2. The van der Waals surface area contributed by atoms with E-state index in [-0.39, 0.29) is 0 Å². The minimum absolute atomic E-state index is 0.683. The molecule has 0 saturated heterocycles. The Bertz CT molecular complexity index is 1430. The fourth-order valence-corrected chi connectivity index (χ4v) is 3.91. The number of rotatable bonds is 3. The van der Waals surface area contributed by atoms with E-state index in [1.54, 1.807) is 6.20 Å². The van der Waals surface area contributed by atoms with Crippen LogP contribution < -0.4 is 0 Å². The van der Waals surface area contributed by atoms with Crippen molar-refractivity contribution in [3.05, 3.63) is 78.4 Å². The highest BCUT2D eigenvalue weighted by Gasteiger charge is 2.19. The maximum atomic E-state index is 4.51. The van der Waals surface area contributed by atoms with Crippen LogP contribution in [0.15, 0.2) is 61.5 Å². The summed E-state index contributed by atoms with van der Waals surface area (Å²) in [5.74, 6) is 0. The Hall–Kier alpha value is -4.20. The third-order valence-electron chi connectivity index (χ3n) is 5.39. The Kier molecular flexibility index (Phi) is 3.58. The molecule has 0 aliphatic heterocycles. The molecule has 0 amide bonds. The SMILES string of the molecule is Cc1cn(C2=CC=CCc3[nH]c(-c4[nH]nc5ncc(-c6cn[nH]c6)cc45)cc32)cn1. The van der Waals surface area contributed by atoms with E-state index in [2.05, 4.69) is 70.3 Å². The number of aromatic nitrogens is 8. The van der Waals surface area contributed by atoms with E-state index in [4.69, 9.17) is 0 Å². The van der Waals surface area contributed by atoms with Gasteiger partial charge in [-0.2, -0.15) is 10.2 Å². The molecule has 1 aliphatic rings. The number of aromatic amines is 3. The van der Waals surface area contributed by atoms with Crippen LogP contribution in [-0.2, 0) is 6.42 Å². The summed E-state index contributed by atoms with van der Waals surface area (Å²) in [7, 11) is 0. The Morgan fingerprint density at radius 3 is 2.90 bits per heavy atom. The second-order valence-electron chi connectivity index (χ2n) is 7.36. The maximum absolute atomic E-state index is 4.51. The van der Waals surface area contributed by atoms with Gasteiger partial charge in [0.05, 0.1) is 35.3 Å². The lowest BCUT2D eigenvalue weighted by Gasteiger charge is -2.06. The molecule has 6 rings (SSSR count). The number of allylic oxidation sites excluding steroid dienone is 3. The van der Waals surface area contributed by atoms with Crippen molar-refractivity contribution in [1.82, 2.24) is 39.9 Å². The third kappa shape index (κ3) is 2.61. The number of fused-ring (bicyclic) bond motifs is 2. The van der Waals surface area contributed by atoms with Crippen molar-refractivity contribution in [2.45, 2.75) is 13.3 Å². The molecule has 0 radical (unpaired) electrons. The smallest absolute Gasteiger partial charge is 0.181 e. The van der Waals surface area contributed by atoms with Crippen LogP contribution >= 0.6 is 0 Å². The third-order valence-corrected chi connectivity index (χ3v) is 5.39. The van der Waals surface area contributed by atoms with Crippen LogP contribution in [0.4, 0.5) is 0 Å². The highest BCUT2D eigenvalue weighted by Crippen LogP contribution is 2.33. The standard InChI is InChI=1S/C22H18N8/c1-13-11-30(12-24-13)20-5-3-2-4-18-16(20)7-19(27-18)21-17-6-14(15-9-25-26-10-15)8-23-22(17)29-28-21/h2-3,5-12,27H,4H2,1H3,(H,25,26)(H,23,28,29). The lowest BCUT2D eigenvalue weighted by molar-refractivity contribution is 1.07. The summed E-state index contributed by atoms with van der Waals surface area (Å²) >= 11 is 0. The lowest BCUT2D eigenvalue weighted by atomic mass is 10.1. The van der Waals surface area contributed by atoms with Crippen molar-refractivity contribution in [1.29, 1.82) is 0 Å². The van der Waals surface area contributed by atoms with Crippen molar-refractivity contribution in [2.24, 2.45) is 0 Å². The normalized spacial score (nSPS) is 13.4. The number of imidazole rings is 1. The number of H-pyrrole nitrogens is 3. The number of hydrogen-bond donors (Lipinski definition) is 3. The highest BCUT2D eigenvalue weighted by molar-refractivity contribution is 5.93.